The highest BCUT2D eigenvalue weighted by atomic mass is 16.7. The molecule has 1 fully saturated rings. The third-order valence-corrected chi connectivity index (χ3v) is 11.5. The molecule has 0 aliphatic carbocycles. The standard InChI is InChI=1S/C49H91NO8/c1-3-5-7-9-11-12-13-14-15-16-17-18-19-20-21-22-23-24-25-26-27-28-29-30-31-32-33-35-37-39-45(53)50-42(43(52)38-36-34-10-8-6-4-2)41-57-49-48(56)47(55)46(54)44(40-51)58-49/h13-14,16-17,19-20,42-44,46-49,51-52,54-56H,3-12,15,18,21-41H2,1-2H3,(H,50,53)/b14-13-,17-16-,20-19-. The zero-order chi connectivity index (χ0) is 42.3. The van der Waals surface area contributed by atoms with Crippen LogP contribution in [0.3, 0.4) is 0 Å². The second-order valence-electron chi connectivity index (χ2n) is 16.9. The maximum absolute atomic E-state index is 12.9. The van der Waals surface area contributed by atoms with Gasteiger partial charge in [0.2, 0.25) is 5.91 Å². The van der Waals surface area contributed by atoms with Crippen molar-refractivity contribution in [3.8, 4) is 0 Å². The molecule has 0 aromatic heterocycles. The molecule has 1 saturated heterocycles. The van der Waals surface area contributed by atoms with Crippen LogP contribution in [-0.4, -0.2) is 87.5 Å². The van der Waals surface area contributed by atoms with E-state index in [4.69, 9.17) is 9.47 Å². The first-order valence-electron chi connectivity index (χ1n) is 24.2. The molecule has 9 heteroatoms. The van der Waals surface area contributed by atoms with E-state index in [0.717, 1.165) is 51.4 Å². The molecule has 9 nitrogen and oxygen atoms in total. The average Bonchev–Trinajstić information content (AvgIpc) is 3.22. The van der Waals surface area contributed by atoms with Crippen LogP contribution in [0.4, 0.5) is 0 Å². The Kier molecular flexibility index (Phi) is 37.1. The van der Waals surface area contributed by atoms with E-state index in [2.05, 4.69) is 55.6 Å². The molecule has 7 atom stereocenters. The minimum atomic E-state index is -1.55. The smallest absolute Gasteiger partial charge is 0.220 e. The monoisotopic (exact) mass is 822 g/mol. The second-order valence-corrected chi connectivity index (χ2v) is 16.9. The zero-order valence-electron chi connectivity index (χ0n) is 37.3. The number of hydrogen-bond acceptors (Lipinski definition) is 8. The summed E-state index contributed by atoms with van der Waals surface area (Å²) in [4.78, 5) is 12.9. The molecule has 1 aliphatic heterocycles. The van der Waals surface area contributed by atoms with Gasteiger partial charge in [0.05, 0.1) is 25.4 Å². The predicted molar refractivity (Wildman–Crippen MR) is 240 cm³/mol. The molecule has 1 aliphatic rings. The quantitative estimate of drug-likeness (QED) is 0.0264. The summed E-state index contributed by atoms with van der Waals surface area (Å²) in [6, 6.07) is -0.715. The summed E-state index contributed by atoms with van der Waals surface area (Å²) < 4.78 is 11.2. The van der Waals surface area contributed by atoms with Crippen LogP contribution in [0, 0.1) is 0 Å². The van der Waals surface area contributed by atoms with Gasteiger partial charge < -0.3 is 40.3 Å². The number of nitrogens with one attached hydrogen (secondary N) is 1. The highest BCUT2D eigenvalue weighted by Crippen LogP contribution is 2.23. The Morgan fingerprint density at radius 1 is 0.586 bits per heavy atom. The number of allylic oxidation sites excluding steroid dienone is 6. The molecule has 6 N–H and O–H groups in total. The van der Waals surface area contributed by atoms with Gasteiger partial charge in [-0.2, -0.15) is 0 Å². The first-order valence-corrected chi connectivity index (χ1v) is 24.2. The van der Waals surface area contributed by atoms with Crippen molar-refractivity contribution in [2.75, 3.05) is 13.2 Å². The molecule has 0 radical (unpaired) electrons. The highest BCUT2D eigenvalue weighted by Gasteiger charge is 2.44. The lowest BCUT2D eigenvalue weighted by atomic mass is 9.99. The molecule has 0 aromatic carbocycles. The van der Waals surface area contributed by atoms with E-state index in [0.29, 0.717) is 12.8 Å². The number of aliphatic hydroxyl groups is 5. The lowest BCUT2D eigenvalue weighted by molar-refractivity contribution is -0.302. The number of unbranched alkanes of at least 4 members (excludes halogenated alkanes) is 24. The van der Waals surface area contributed by atoms with Gasteiger partial charge >= 0.3 is 0 Å². The summed E-state index contributed by atoms with van der Waals surface area (Å²) in [5.74, 6) is -0.151. The molecule has 1 rings (SSSR count). The molecular formula is C49H91NO8. The van der Waals surface area contributed by atoms with Crippen LogP contribution in [0.5, 0.6) is 0 Å². The maximum Gasteiger partial charge on any atom is 0.220 e. The molecule has 1 amide bonds. The topological polar surface area (TPSA) is 149 Å². The summed E-state index contributed by atoms with van der Waals surface area (Å²) in [5.41, 5.74) is 0. The van der Waals surface area contributed by atoms with Crippen molar-refractivity contribution in [2.24, 2.45) is 0 Å². The summed E-state index contributed by atoms with van der Waals surface area (Å²) >= 11 is 0. The molecule has 58 heavy (non-hydrogen) atoms. The fourth-order valence-electron chi connectivity index (χ4n) is 7.58. The van der Waals surface area contributed by atoms with E-state index < -0.39 is 49.5 Å². The average molecular weight is 822 g/mol. The Balaban J connectivity index is 2.09. The Morgan fingerprint density at radius 3 is 1.50 bits per heavy atom. The van der Waals surface area contributed by atoms with Crippen LogP contribution in [0.25, 0.3) is 0 Å². The lowest BCUT2D eigenvalue weighted by Crippen LogP contribution is -2.60. The van der Waals surface area contributed by atoms with E-state index >= 15 is 0 Å². The number of carbonyl (C=O) groups excluding carboxylic acids is 1. The molecular weight excluding hydrogens is 731 g/mol. The largest absolute Gasteiger partial charge is 0.394 e. The predicted octanol–water partition coefficient (Wildman–Crippen LogP) is 10.5. The van der Waals surface area contributed by atoms with Gasteiger partial charge in [-0.05, 0) is 51.4 Å². The van der Waals surface area contributed by atoms with Gasteiger partial charge in [-0.1, -0.05) is 192 Å². The van der Waals surface area contributed by atoms with Crippen molar-refractivity contribution in [3.63, 3.8) is 0 Å². The number of aliphatic hydroxyl groups excluding tert-OH is 5. The van der Waals surface area contributed by atoms with Crippen molar-refractivity contribution >= 4 is 5.91 Å². The van der Waals surface area contributed by atoms with Crippen LogP contribution in [-0.2, 0) is 14.3 Å². The minimum Gasteiger partial charge on any atom is -0.394 e. The Hall–Kier alpha value is -1.59. The van der Waals surface area contributed by atoms with Crippen molar-refractivity contribution in [3.05, 3.63) is 36.5 Å². The summed E-state index contributed by atoms with van der Waals surface area (Å²) in [7, 11) is 0. The van der Waals surface area contributed by atoms with Crippen LogP contribution in [0.2, 0.25) is 0 Å². The zero-order valence-corrected chi connectivity index (χ0v) is 37.3. The number of carbonyl (C=O) groups is 1. The Bertz CT molecular complexity index is 1000. The number of amides is 1. The number of hydrogen-bond donors (Lipinski definition) is 6. The maximum atomic E-state index is 12.9. The molecule has 7 unspecified atom stereocenters. The SMILES string of the molecule is CCCCCCC/C=C\C/C=C\C/C=C\CCCCCCCCCCCCCCCCC(=O)NC(COC1OC(CO)C(O)C(O)C1O)C(O)CCCCCCCC. The van der Waals surface area contributed by atoms with Crippen molar-refractivity contribution in [2.45, 2.75) is 256 Å². The van der Waals surface area contributed by atoms with Gasteiger partial charge in [-0.3, -0.25) is 4.79 Å². The summed E-state index contributed by atoms with van der Waals surface area (Å²) in [6.45, 7) is 3.75. The summed E-state index contributed by atoms with van der Waals surface area (Å²) in [5, 5.41) is 54.0. The third kappa shape index (κ3) is 29.6. The molecule has 0 spiro atoms. The van der Waals surface area contributed by atoms with Gasteiger partial charge in [0.25, 0.3) is 0 Å². The molecule has 1 heterocycles. The minimum absolute atomic E-state index is 0.139. The third-order valence-electron chi connectivity index (χ3n) is 11.5. The van der Waals surface area contributed by atoms with Crippen molar-refractivity contribution in [1.82, 2.24) is 5.32 Å². The van der Waals surface area contributed by atoms with Gasteiger partial charge in [0.1, 0.15) is 24.4 Å². The van der Waals surface area contributed by atoms with Crippen molar-refractivity contribution < 1.29 is 39.8 Å². The van der Waals surface area contributed by atoms with E-state index in [1.54, 1.807) is 0 Å². The van der Waals surface area contributed by atoms with Crippen LogP contribution in [0.1, 0.15) is 213 Å². The molecule has 0 aromatic rings. The normalized spacial score (nSPS) is 21.1. The van der Waals surface area contributed by atoms with E-state index in [-0.39, 0.29) is 12.5 Å². The van der Waals surface area contributed by atoms with E-state index in [1.807, 2.05) is 0 Å². The van der Waals surface area contributed by atoms with Gasteiger partial charge in [-0.25, -0.2) is 0 Å². The lowest BCUT2D eigenvalue weighted by Gasteiger charge is -2.40. The van der Waals surface area contributed by atoms with Crippen LogP contribution in [0.15, 0.2) is 36.5 Å². The molecule has 0 saturated carbocycles. The van der Waals surface area contributed by atoms with Gasteiger partial charge in [0, 0.05) is 6.42 Å². The summed E-state index contributed by atoms with van der Waals surface area (Å²) in [6.07, 6.45) is 42.1. The van der Waals surface area contributed by atoms with E-state index in [1.165, 1.54) is 135 Å². The highest BCUT2D eigenvalue weighted by molar-refractivity contribution is 5.76. The van der Waals surface area contributed by atoms with Crippen molar-refractivity contribution in [1.29, 1.82) is 0 Å². The first kappa shape index (κ1) is 54.4. The van der Waals surface area contributed by atoms with Gasteiger partial charge in [-0.15, -0.1) is 0 Å². The molecule has 340 valence electrons. The fraction of sp³-hybridized carbons (Fsp3) is 0.857. The van der Waals surface area contributed by atoms with Crippen LogP contribution < -0.4 is 5.32 Å². The number of ether oxygens (including phenoxy) is 2. The van der Waals surface area contributed by atoms with Gasteiger partial charge in [0.15, 0.2) is 6.29 Å². The van der Waals surface area contributed by atoms with E-state index in [9.17, 15) is 30.3 Å². The first-order chi connectivity index (χ1) is 28.3. The number of rotatable bonds is 40. The Labute approximate surface area is 355 Å². The fourth-order valence-corrected chi connectivity index (χ4v) is 7.58. The van der Waals surface area contributed by atoms with Crippen LogP contribution >= 0.6 is 0 Å². The Morgan fingerprint density at radius 2 is 1.02 bits per heavy atom. The molecule has 0 bridgehead atoms. The second kappa shape index (κ2) is 39.5.